The third-order valence-corrected chi connectivity index (χ3v) is 4.85. The summed E-state index contributed by atoms with van der Waals surface area (Å²) >= 11 is 3.41. The summed E-state index contributed by atoms with van der Waals surface area (Å²) in [4.78, 5) is 26.6. The quantitative estimate of drug-likeness (QED) is 0.620. The number of hydrogen-bond donors (Lipinski definition) is 1. The highest BCUT2D eigenvalue weighted by atomic mass is 79.9. The molecule has 0 aromatic heterocycles. The van der Waals surface area contributed by atoms with Gasteiger partial charge in [-0.25, -0.2) is 0 Å². The Hall–Kier alpha value is -2.44. The molecule has 2 aromatic carbocycles. The van der Waals surface area contributed by atoms with Crippen molar-refractivity contribution in [2.45, 2.75) is 13.8 Å². The fourth-order valence-electron chi connectivity index (χ4n) is 2.60. The van der Waals surface area contributed by atoms with Crippen molar-refractivity contribution in [3.05, 3.63) is 69.7 Å². The van der Waals surface area contributed by atoms with Gasteiger partial charge in [-0.15, -0.1) is 0 Å². The Labute approximate surface area is 174 Å². The highest BCUT2D eigenvalue weighted by Gasteiger charge is 2.16. The second-order valence-electron chi connectivity index (χ2n) is 6.44. The van der Waals surface area contributed by atoms with Crippen molar-refractivity contribution in [3.8, 4) is 0 Å². The minimum Gasteiger partial charge on any atom is -0.383 e. The third-order valence-electron chi connectivity index (χ3n) is 4.36. The molecule has 148 valence electrons. The van der Waals surface area contributed by atoms with Gasteiger partial charge in [0.05, 0.1) is 6.61 Å². The molecule has 0 unspecified atom stereocenters. The van der Waals surface area contributed by atoms with Crippen LogP contribution in [-0.2, 0) is 14.3 Å². The Morgan fingerprint density at radius 3 is 2.64 bits per heavy atom. The van der Waals surface area contributed by atoms with Crippen LogP contribution in [0.2, 0.25) is 0 Å². The van der Waals surface area contributed by atoms with Crippen LogP contribution in [0.3, 0.4) is 0 Å². The van der Waals surface area contributed by atoms with Gasteiger partial charge in [0.25, 0.3) is 0 Å². The lowest BCUT2D eigenvalue weighted by molar-refractivity contribution is -0.131. The zero-order valence-corrected chi connectivity index (χ0v) is 18.0. The van der Waals surface area contributed by atoms with Gasteiger partial charge in [0.15, 0.2) is 0 Å². The highest BCUT2D eigenvalue weighted by Crippen LogP contribution is 2.18. The second kappa shape index (κ2) is 10.8. The topological polar surface area (TPSA) is 58.6 Å². The molecule has 1 N–H and O–H groups in total. The first-order valence-electron chi connectivity index (χ1n) is 8.98. The lowest BCUT2D eigenvalue weighted by atomic mass is 10.1. The number of carbonyl (C=O) groups excluding carboxylic acids is 2. The first kappa shape index (κ1) is 21.9. The number of hydrogen-bond acceptors (Lipinski definition) is 3. The summed E-state index contributed by atoms with van der Waals surface area (Å²) in [6.45, 7) is 4.59. The van der Waals surface area contributed by atoms with Crippen LogP contribution < -0.4 is 5.32 Å². The van der Waals surface area contributed by atoms with E-state index in [9.17, 15) is 9.59 Å². The first-order chi connectivity index (χ1) is 13.4. The van der Waals surface area contributed by atoms with E-state index in [0.717, 1.165) is 26.9 Å². The van der Waals surface area contributed by atoms with E-state index in [0.29, 0.717) is 13.2 Å². The van der Waals surface area contributed by atoms with Crippen LogP contribution >= 0.6 is 15.9 Å². The van der Waals surface area contributed by atoms with Crippen molar-refractivity contribution in [2.24, 2.45) is 0 Å². The maximum Gasteiger partial charge on any atom is 0.247 e. The summed E-state index contributed by atoms with van der Waals surface area (Å²) in [5, 5.41) is 2.89. The first-order valence-corrected chi connectivity index (χ1v) is 9.77. The van der Waals surface area contributed by atoms with Gasteiger partial charge >= 0.3 is 0 Å². The molecule has 0 bridgehead atoms. The Bertz CT molecular complexity index is 865. The summed E-state index contributed by atoms with van der Waals surface area (Å²) in [7, 11) is 1.57. The molecule has 5 nitrogen and oxygen atoms in total. The number of ether oxygens (including phenoxy) is 1. The number of anilines is 1. The van der Waals surface area contributed by atoms with Gasteiger partial charge in [0.2, 0.25) is 11.8 Å². The van der Waals surface area contributed by atoms with Crippen molar-refractivity contribution in [1.29, 1.82) is 0 Å². The van der Waals surface area contributed by atoms with Crippen LogP contribution in [0.5, 0.6) is 0 Å². The van der Waals surface area contributed by atoms with Gasteiger partial charge in [0.1, 0.15) is 6.54 Å². The smallest absolute Gasteiger partial charge is 0.247 e. The Balaban J connectivity index is 2.06. The monoisotopic (exact) mass is 444 g/mol. The minimum atomic E-state index is -0.242. The van der Waals surface area contributed by atoms with Crippen LogP contribution in [0.15, 0.2) is 53.0 Å². The number of carbonyl (C=O) groups is 2. The molecule has 2 rings (SSSR count). The Morgan fingerprint density at radius 2 is 1.93 bits per heavy atom. The van der Waals surface area contributed by atoms with Crippen LogP contribution in [0.25, 0.3) is 6.08 Å². The van der Waals surface area contributed by atoms with E-state index in [1.54, 1.807) is 13.2 Å². The summed E-state index contributed by atoms with van der Waals surface area (Å²) in [6.07, 6.45) is 3.21. The molecule has 0 aliphatic rings. The second-order valence-corrected chi connectivity index (χ2v) is 7.35. The molecule has 0 saturated heterocycles. The largest absolute Gasteiger partial charge is 0.383 e. The third kappa shape index (κ3) is 6.62. The van der Waals surface area contributed by atoms with E-state index < -0.39 is 0 Å². The molecule has 0 aliphatic carbocycles. The fraction of sp³-hybridized carbons (Fsp3) is 0.273. The predicted molar refractivity (Wildman–Crippen MR) is 116 cm³/mol. The molecule has 0 heterocycles. The van der Waals surface area contributed by atoms with Crippen molar-refractivity contribution < 1.29 is 14.3 Å². The van der Waals surface area contributed by atoms with Gasteiger partial charge in [-0.2, -0.15) is 0 Å². The summed E-state index contributed by atoms with van der Waals surface area (Å²) in [5.41, 5.74) is 3.77. The maximum absolute atomic E-state index is 12.6. The molecule has 0 saturated carbocycles. The van der Waals surface area contributed by atoms with E-state index >= 15 is 0 Å². The van der Waals surface area contributed by atoms with Crippen LogP contribution in [-0.4, -0.2) is 43.5 Å². The van der Waals surface area contributed by atoms with Gasteiger partial charge in [-0.1, -0.05) is 40.2 Å². The molecule has 0 fully saturated rings. The minimum absolute atomic E-state index is 0.0433. The molecule has 0 atom stereocenters. The van der Waals surface area contributed by atoms with Crippen molar-refractivity contribution in [3.63, 3.8) is 0 Å². The molecule has 0 aliphatic heterocycles. The number of benzene rings is 2. The number of amides is 2. The molecule has 28 heavy (non-hydrogen) atoms. The standard InChI is InChI=1S/C22H25BrN2O3/c1-16-6-4-9-20(17(16)2)24-21(26)15-25(12-13-28-3)22(27)11-10-18-7-5-8-19(23)14-18/h4-11,14H,12-13,15H2,1-3H3,(H,24,26)/b11-10+. The van der Waals surface area contributed by atoms with Crippen molar-refractivity contribution in [2.75, 3.05) is 32.1 Å². The lowest BCUT2D eigenvalue weighted by Gasteiger charge is -2.21. The maximum atomic E-state index is 12.6. The van der Waals surface area contributed by atoms with Crippen LogP contribution in [0, 0.1) is 13.8 Å². The number of rotatable bonds is 8. The van der Waals surface area contributed by atoms with Gasteiger partial charge in [-0.3, -0.25) is 9.59 Å². The van der Waals surface area contributed by atoms with Crippen LogP contribution in [0.4, 0.5) is 5.69 Å². The molecular weight excluding hydrogens is 420 g/mol. The molecule has 0 radical (unpaired) electrons. The molecule has 2 aromatic rings. The van der Waals surface area contributed by atoms with E-state index in [-0.39, 0.29) is 18.4 Å². The molecule has 0 spiro atoms. The van der Waals surface area contributed by atoms with E-state index in [2.05, 4.69) is 21.2 Å². The SMILES string of the molecule is COCCN(CC(=O)Nc1cccc(C)c1C)C(=O)/C=C/c1cccc(Br)c1. The average molecular weight is 445 g/mol. The Kier molecular flexibility index (Phi) is 8.42. The molecule has 6 heteroatoms. The summed E-state index contributed by atoms with van der Waals surface area (Å²) in [6, 6.07) is 13.4. The normalized spacial score (nSPS) is 10.9. The summed E-state index contributed by atoms with van der Waals surface area (Å²) < 4.78 is 6.02. The zero-order valence-electron chi connectivity index (χ0n) is 16.4. The molecule has 2 amide bonds. The Morgan fingerprint density at radius 1 is 1.18 bits per heavy atom. The van der Waals surface area contributed by atoms with Gasteiger partial charge in [-0.05, 0) is 54.8 Å². The van der Waals surface area contributed by atoms with Crippen molar-refractivity contribution >= 4 is 39.5 Å². The van der Waals surface area contributed by atoms with Crippen LogP contribution in [0.1, 0.15) is 16.7 Å². The van der Waals surface area contributed by atoms with E-state index in [4.69, 9.17) is 4.74 Å². The van der Waals surface area contributed by atoms with E-state index in [1.165, 1.54) is 11.0 Å². The number of nitrogens with one attached hydrogen (secondary N) is 1. The number of methoxy groups -OCH3 is 1. The summed E-state index contributed by atoms with van der Waals surface area (Å²) in [5.74, 6) is -0.484. The number of aryl methyl sites for hydroxylation is 1. The number of nitrogens with zero attached hydrogens (tertiary/aromatic N) is 1. The predicted octanol–water partition coefficient (Wildman–Crippen LogP) is 4.19. The van der Waals surface area contributed by atoms with Gasteiger partial charge in [0, 0.05) is 29.9 Å². The van der Waals surface area contributed by atoms with Crippen molar-refractivity contribution in [1.82, 2.24) is 4.90 Å². The highest BCUT2D eigenvalue weighted by molar-refractivity contribution is 9.10. The fourth-order valence-corrected chi connectivity index (χ4v) is 3.02. The van der Waals surface area contributed by atoms with Gasteiger partial charge < -0.3 is 15.0 Å². The number of halogens is 1. The van der Waals surface area contributed by atoms with E-state index in [1.807, 2.05) is 56.3 Å². The average Bonchev–Trinajstić information content (AvgIpc) is 2.67. The lowest BCUT2D eigenvalue weighted by Crippen LogP contribution is -2.39. The molecular formula is C22H25BrN2O3. The zero-order chi connectivity index (χ0) is 20.5.